The summed E-state index contributed by atoms with van der Waals surface area (Å²) in [5.41, 5.74) is 3.04. The molecule has 1 aromatic heterocycles. The molecule has 2 nitrogen and oxygen atoms in total. The van der Waals surface area contributed by atoms with E-state index >= 15 is 0 Å². The Balaban J connectivity index is 1.95. The number of nitrogens with one attached hydrogen (secondary N) is 1. The summed E-state index contributed by atoms with van der Waals surface area (Å²) < 4.78 is 0. The van der Waals surface area contributed by atoms with Gasteiger partial charge < -0.3 is 5.32 Å². The predicted octanol–water partition coefficient (Wildman–Crippen LogP) is 2.42. The fraction of sp³-hybridized carbons (Fsp3) is 0.583. The van der Waals surface area contributed by atoms with Gasteiger partial charge in [0.1, 0.15) is 0 Å². The van der Waals surface area contributed by atoms with Crippen molar-refractivity contribution in [3.8, 4) is 0 Å². The Bertz CT molecular complexity index is 316. The minimum atomic E-state index is 0.391. The average molecular weight is 190 g/mol. The van der Waals surface area contributed by atoms with E-state index in [0.717, 1.165) is 6.54 Å². The molecule has 1 aromatic rings. The van der Waals surface area contributed by atoms with Crippen molar-refractivity contribution in [2.24, 2.45) is 0 Å². The van der Waals surface area contributed by atoms with Gasteiger partial charge in [-0.15, -0.1) is 0 Å². The van der Waals surface area contributed by atoms with Gasteiger partial charge in [-0.1, -0.05) is 0 Å². The molecule has 1 saturated carbocycles. The Hall–Kier alpha value is -0.890. The van der Waals surface area contributed by atoms with Crippen molar-refractivity contribution >= 4 is 0 Å². The smallest absolute Gasteiger partial charge is 0.0315 e. The maximum atomic E-state index is 4.15. The summed E-state index contributed by atoms with van der Waals surface area (Å²) in [5, 5.41) is 3.61. The first-order valence-corrected chi connectivity index (χ1v) is 5.34. The number of hydrogen-bond acceptors (Lipinski definition) is 2. The zero-order chi connectivity index (χ0) is 10.0. The van der Waals surface area contributed by atoms with Gasteiger partial charge in [-0.2, -0.15) is 0 Å². The zero-order valence-corrected chi connectivity index (χ0v) is 9.01. The molecule has 0 spiro atoms. The quantitative estimate of drug-likeness (QED) is 0.791. The van der Waals surface area contributed by atoms with Gasteiger partial charge in [-0.25, -0.2) is 0 Å². The number of aromatic nitrogens is 1. The molecule has 0 aromatic carbocycles. The van der Waals surface area contributed by atoms with E-state index in [4.69, 9.17) is 0 Å². The van der Waals surface area contributed by atoms with Crippen LogP contribution in [0.25, 0.3) is 0 Å². The zero-order valence-electron chi connectivity index (χ0n) is 9.01. The lowest BCUT2D eigenvalue weighted by Gasteiger charge is -2.39. The summed E-state index contributed by atoms with van der Waals surface area (Å²) in [6, 6.07) is 2.07. The Morgan fingerprint density at radius 3 is 2.86 bits per heavy atom. The van der Waals surface area contributed by atoms with Crippen LogP contribution in [0.1, 0.15) is 37.3 Å². The van der Waals surface area contributed by atoms with E-state index in [-0.39, 0.29) is 0 Å². The van der Waals surface area contributed by atoms with Crippen LogP contribution in [0.5, 0.6) is 0 Å². The topological polar surface area (TPSA) is 24.9 Å². The number of rotatable bonds is 3. The molecule has 1 aliphatic carbocycles. The highest BCUT2D eigenvalue weighted by Crippen LogP contribution is 2.31. The fourth-order valence-electron chi connectivity index (χ4n) is 1.87. The van der Waals surface area contributed by atoms with Gasteiger partial charge >= 0.3 is 0 Å². The number of nitrogens with zero attached hydrogens (tertiary/aromatic N) is 1. The second-order valence-corrected chi connectivity index (χ2v) is 4.57. The number of aryl methyl sites for hydroxylation is 1. The summed E-state index contributed by atoms with van der Waals surface area (Å²) in [6.07, 6.45) is 7.81. The molecule has 2 heteroatoms. The molecular formula is C12H18N2. The van der Waals surface area contributed by atoms with Gasteiger partial charge in [0.25, 0.3) is 0 Å². The first-order valence-electron chi connectivity index (χ1n) is 5.34. The molecule has 14 heavy (non-hydrogen) atoms. The Kier molecular flexibility index (Phi) is 2.55. The lowest BCUT2D eigenvalue weighted by Crippen LogP contribution is -2.47. The molecule has 1 fully saturated rings. The summed E-state index contributed by atoms with van der Waals surface area (Å²) in [6.45, 7) is 5.40. The van der Waals surface area contributed by atoms with E-state index in [1.54, 1.807) is 0 Å². The Morgan fingerprint density at radius 1 is 1.50 bits per heavy atom. The van der Waals surface area contributed by atoms with Crippen LogP contribution in [-0.2, 0) is 6.54 Å². The molecule has 1 aliphatic rings. The summed E-state index contributed by atoms with van der Waals surface area (Å²) in [4.78, 5) is 4.15. The third-order valence-electron chi connectivity index (χ3n) is 3.31. The number of hydrogen-bond donors (Lipinski definition) is 1. The van der Waals surface area contributed by atoms with Crippen LogP contribution in [0.2, 0.25) is 0 Å². The van der Waals surface area contributed by atoms with Crippen molar-refractivity contribution in [2.75, 3.05) is 0 Å². The molecule has 0 radical (unpaired) electrons. The van der Waals surface area contributed by atoms with Crippen LogP contribution in [0.3, 0.4) is 0 Å². The molecule has 1 N–H and O–H groups in total. The lowest BCUT2D eigenvalue weighted by molar-refractivity contribution is 0.206. The molecule has 0 saturated heterocycles. The van der Waals surface area contributed by atoms with Crippen LogP contribution in [-0.4, -0.2) is 10.5 Å². The molecule has 0 aliphatic heterocycles. The standard InChI is InChI=1S/C12H18N2/c1-10-4-7-13-8-11(10)9-14-12(2)5-3-6-12/h4,7-8,14H,3,5-6,9H2,1-2H3. The second-order valence-electron chi connectivity index (χ2n) is 4.57. The highest BCUT2D eigenvalue weighted by atomic mass is 15.0. The molecular weight excluding hydrogens is 172 g/mol. The maximum Gasteiger partial charge on any atom is 0.0315 e. The molecule has 0 atom stereocenters. The van der Waals surface area contributed by atoms with Crippen molar-refractivity contribution in [1.29, 1.82) is 0 Å². The van der Waals surface area contributed by atoms with E-state index < -0.39 is 0 Å². The van der Waals surface area contributed by atoms with Crippen LogP contribution in [0, 0.1) is 6.92 Å². The molecule has 76 valence electrons. The van der Waals surface area contributed by atoms with Gasteiger partial charge in [0, 0.05) is 24.5 Å². The van der Waals surface area contributed by atoms with Crippen LogP contribution < -0.4 is 5.32 Å². The summed E-state index contributed by atoms with van der Waals surface area (Å²) >= 11 is 0. The molecule has 0 unspecified atom stereocenters. The Morgan fingerprint density at radius 2 is 2.29 bits per heavy atom. The minimum absolute atomic E-state index is 0.391. The molecule has 2 rings (SSSR count). The monoisotopic (exact) mass is 190 g/mol. The normalized spacial score (nSPS) is 19.0. The molecule has 1 heterocycles. The third-order valence-corrected chi connectivity index (χ3v) is 3.31. The van der Waals surface area contributed by atoms with Crippen molar-refractivity contribution in [3.05, 3.63) is 29.6 Å². The van der Waals surface area contributed by atoms with Gasteiger partial charge in [-0.05, 0) is 50.3 Å². The van der Waals surface area contributed by atoms with Crippen molar-refractivity contribution in [3.63, 3.8) is 0 Å². The summed E-state index contributed by atoms with van der Waals surface area (Å²) in [5.74, 6) is 0. The third kappa shape index (κ3) is 1.95. The van der Waals surface area contributed by atoms with E-state index in [1.807, 2.05) is 12.4 Å². The van der Waals surface area contributed by atoms with Crippen LogP contribution >= 0.6 is 0 Å². The number of pyridine rings is 1. The summed E-state index contributed by atoms with van der Waals surface area (Å²) in [7, 11) is 0. The average Bonchev–Trinajstić information content (AvgIpc) is 2.14. The Labute approximate surface area is 85.7 Å². The van der Waals surface area contributed by atoms with Crippen LogP contribution in [0.4, 0.5) is 0 Å². The van der Waals surface area contributed by atoms with E-state index in [2.05, 4.69) is 30.2 Å². The van der Waals surface area contributed by atoms with Crippen LogP contribution in [0.15, 0.2) is 18.5 Å². The lowest BCUT2D eigenvalue weighted by atomic mass is 9.78. The SMILES string of the molecule is Cc1ccncc1CNC1(C)CCC1. The fourth-order valence-corrected chi connectivity index (χ4v) is 1.87. The first kappa shape index (κ1) is 9.66. The maximum absolute atomic E-state index is 4.15. The van der Waals surface area contributed by atoms with Crippen molar-refractivity contribution < 1.29 is 0 Å². The van der Waals surface area contributed by atoms with Gasteiger partial charge in [0.2, 0.25) is 0 Å². The van der Waals surface area contributed by atoms with E-state index in [0.29, 0.717) is 5.54 Å². The first-order chi connectivity index (χ1) is 6.70. The van der Waals surface area contributed by atoms with E-state index in [1.165, 1.54) is 30.4 Å². The van der Waals surface area contributed by atoms with E-state index in [9.17, 15) is 0 Å². The van der Waals surface area contributed by atoms with Gasteiger partial charge in [-0.3, -0.25) is 4.98 Å². The van der Waals surface area contributed by atoms with Crippen molar-refractivity contribution in [2.45, 2.75) is 45.2 Å². The predicted molar refractivity (Wildman–Crippen MR) is 58.1 cm³/mol. The van der Waals surface area contributed by atoms with Gasteiger partial charge in [0.15, 0.2) is 0 Å². The minimum Gasteiger partial charge on any atom is -0.307 e. The van der Waals surface area contributed by atoms with Gasteiger partial charge in [0.05, 0.1) is 0 Å². The molecule has 0 bridgehead atoms. The highest BCUT2D eigenvalue weighted by Gasteiger charge is 2.30. The van der Waals surface area contributed by atoms with Crippen molar-refractivity contribution in [1.82, 2.24) is 10.3 Å². The largest absolute Gasteiger partial charge is 0.307 e. The highest BCUT2D eigenvalue weighted by molar-refractivity contribution is 5.21. The second kappa shape index (κ2) is 3.70. The molecule has 0 amide bonds.